The molecule has 7 heteroatoms. The first kappa shape index (κ1) is 12.8. The topological polar surface area (TPSA) is 92.4 Å². The fourth-order valence-electron chi connectivity index (χ4n) is 1.22. The van der Waals surface area contributed by atoms with Gasteiger partial charge in [0, 0.05) is 46.2 Å². The zero-order chi connectivity index (χ0) is 10.8. The van der Waals surface area contributed by atoms with Crippen molar-refractivity contribution in [3.05, 3.63) is 0 Å². The van der Waals surface area contributed by atoms with Crippen molar-refractivity contribution >= 4 is 0 Å². The van der Waals surface area contributed by atoms with Crippen molar-refractivity contribution in [3.8, 4) is 0 Å². The van der Waals surface area contributed by atoms with Gasteiger partial charge < -0.3 is 21.1 Å². The summed E-state index contributed by atoms with van der Waals surface area (Å²) in [6, 6.07) is 0. The Morgan fingerprint density at radius 2 is 1.27 bits per heavy atom. The summed E-state index contributed by atoms with van der Waals surface area (Å²) in [5, 5.41) is 28.0. The summed E-state index contributed by atoms with van der Waals surface area (Å²) in [4.78, 5) is 0. The van der Waals surface area contributed by atoms with Gasteiger partial charge in [0.2, 0.25) is 0 Å². The van der Waals surface area contributed by atoms with Crippen LogP contribution in [0.3, 0.4) is 0 Å². The van der Waals surface area contributed by atoms with Crippen LogP contribution in [0.25, 0.3) is 0 Å². The van der Waals surface area contributed by atoms with Gasteiger partial charge in [-0.25, -0.2) is 0 Å². The molecule has 1 aliphatic rings. The summed E-state index contributed by atoms with van der Waals surface area (Å²) < 4.78 is 0. The van der Waals surface area contributed by atoms with Crippen LogP contribution >= 0.6 is 0 Å². The van der Waals surface area contributed by atoms with Crippen LogP contribution in [0.4, 0.5) is 0 Å². The van der Waals surface area contributed by atoms with E-state index in [1.807, 2.05) is 0 Å². The molecule has 0 aromatic carbocycles. The molecule has 0 bridgehead atoms. The average molecular weight is 218 g/mol. The molecule has 7 N–H and O–H groups in total. The van der Waals surface area contributed by atoms with Crippen molar-refractivity contribution in [1.29, 1.82) is 0 Å². The third kappa shape index (κ3) is 7.63. The van der Waals surface area contributed by atoms with E-state index in [4.69, 9.17) is 0 Å². The lowest BCUT2D eigenvalue weighted by molar-refractivity contribution is 0.0997. The highest BCUT2D eigenvalue weighted by molar-refractivity contribution is 4.57. The van der Waals surface area contributed by atoms with E-state index in [1.54, 1.807) is 0 Å². The Balaban J connectivity index is 2.10. The normalized spacial score (nSPS) is 28.2. The fourth-order valence-corrected chi connectivity index (χ4v) is 1.22. The monoisotopic (exact) mass is 218 g/mol. The summed E-state index contributed by atoms with van der Waals surface area (Å²) in [5.41, 5.74) is 0. The second-order valence-electron chi connectivity index (χ2n) is 3.34. The highest BCUT2D eigenvalue weighted by atomic mass is 16.3. The van der Waals surface area contributed by atoms with Crippen molar-refractivity contribution in [2.45, 2.75) is 6.35 Å². The van der Waals surface area contributed by atoms with Gasteiger partial charge in [-0.15, -0.1) is 0 Å². The SMILES string of the molecule is OC1NCCNCNCNCCNCN1. The standard InChI is InChI=1S/C8H22N6O/c15-8-13-4-3-10-6-12-5-9-1-2-11-7-14-8/h8-15H,1-7H2. The van der Waals surface area contributed by atoms with E-state index < -0.39 is 6.35 Å². The van der Waals surface area contributed by atoms with Crippen molar-refractivity contribution in [3.63, 3.8) is 0 Å². The number of aliphatic hydroxyl groups excluding tert-OH is 1. The maximum Gasteiger partial charge on any atom is 0.161 e. The van der Waals surface area contributed by atoms with E-state index in [0.717, 1.165) is 39.5 Å². The molecule has 0 amide bonds. The minimum absolute atomic E-state index is 0.594. The highest BCUT2D eigenvalue weighted by Crippen LogP contribution is 1.68. The van der Waals surface area contributed by atoms with Crippen molar-refractivity contribution in [2.24, 2.45) is 0 Å². The second kappa shape index (κ2) is 8.98. The van der Waals surface area contributed by atoms with Crippen molar-refractivity contribution < 1.29 is 5.11 Å². The average Bonchev–Trinajstić information content (AvgIpc) is 2.24. The maximum atomic E-state index is 9.40. The molecule has 1 atom stereocenters. The minimum atomic E-state index is -0.650. The van der Waals surface area contributed by atoms with Crippen LogP contribution in [0.5, 0.6) is 0 Å². The summed E-state index contributed by atoms with van der Waals surface area (Å²) in [6.07, 6.45) is -0.650. The van der Waals surface area contributed by atoms with E-state index in [-0.39, 0.29) is 0 Å². The number of hydrogen-bond acceptors (Lipinski definition) is 7. The Morgan fingerprint density at radius 1 is 0.667 bits per heavy atom. The quantitative estimate of drug-likeness (QED) is 0.229. The first-order valence-corrected chi connectivity index (χ1v) is 5.37. The van der Waals surface area contributed by atoms with Crippen LogP contribution in [0, 0.1) is 0 Å². The number of aliphatic hydroxyl groups is 1. The van der Waals surface area contributed by atoms with Crippen LogP contribution in [-0.2, 0) is 0 Å². The molecule has 15 heavy (non-hydrogen) atoms. The summed E-state index contributed by atoms with van der Waals surface area (Å²) >= 11 is 0. The van der Waals surface area contributed by atoms with E-state index in [0.29, 0.717) is 6.67 Å². The van der Waals surface area contributed by atoms with E-state index in [9.17, 15) is 5.11 Å². The molecule has 0 aromatic heterocycles. The van der Waals surface area contributed by atoms with E-state index in [1.165, 1.54) is 0 Å². The van der Waals surface area contributed by atoms with E-state index in [2.05, 4.69) is 31.9 Å². The van der Waals surface area contributed by atoms with Crippen LogP contribution in [0.2, 0.25) is 0 Å². The summed E-state index contributed by atoms with van der Waals surface area (Å²) in [7, 11) is 0. The number of hydrogen-bond donors (Lipinski definition) is 7. The highest BCUT2D eigenvalue weighted by Gasteiger charge is 2.00. The summed E-state index contributed by atoms with van der Waals surface area (Å²) in [6.45, 7) is 5.48. The van der Waals surface area contributed by atoms with Gasteiger partial charge in [0.25, 0.3) is 0 Å². The molecule has 0 aromatic rings. The van der Waals surface area contributed by atoms with E-state index >= 15 is 0 Å². The number of nitrogens with one attached hydrogen (secondary N) is 6. The molecule has 0 saturated carbocycles. The first-order valence-electron chi connectivity index (χ1n) is 5.37. The van der Waals surface area contributed by atoms with Gasteiger partial charge in [-0.3, -0.25) is 16.0 Å². The van der Waals surface area contributed by atoms with Crippen molar-refractivity contribution in [2.75, 3.05) is 46.2 Å². The maximum absolute atomic E-state index is 9.40. The lowest BCUT2D eigenvalue weighted by Crippen LogP contribution is -2.49. The molecule has 1 unspecified atom stereocenters. The van der Waals surface area contributed by atoms with Crippen LogP contribution < -0.4 is 31.9 Å². The number of rotatable bonds is 0. The van der Waals surface area contributed by atoms with Crippen LogP contribution in [0.1, 0.15) is 0 Å². The predicted molar refractivity (Wildman–Crippen MR) is 58.9 cm³/mol. The third-order valence-corrected chi connectivity index (χ3v) is 2.04. The molecular weight excluding hydrogens is 196 g/mol. The van der Waals surface area contributed by atoms with Gasteiger partial charge >= 0.3 is 0 Å². The Labute approximate surface area is 90.4 Å². The van der Waals surface area contributed by atoms with Gasteiger partial charge in [0.15, 0.2) is 6.35 Å². The zero-order valence-corrected chi connectivity index (χ0v) is 8.97. The van der Waals surface area contributed by atoms with Gasteiger partial charge in [0.1, 0.15) is 0 Å². The third-order valence-electron chi connectivity index (χ3n) is 2.04. The molecule has 0 spiro atoms. The Morgan fingerprint density at radius 3 is 2.00 bits per heavy atom. The second-order valence-corrected chi connectivity index (χ2v) is 3.34. The molecule has 1 rings (SSSR count). The molecule has 90 valence electrons. The van der Waals surface area contributed by atoms with Crippen LogP contribution in [-0.4, -0.2) is 57.6 Å². The molecule has 0 aliphatic carbocycles. The Kier molecular flexibility index (Phi) is 7.66. The molecule has 1 saturated heterocycles. The fraction of sp³-hybridized carbons (Fsp3) is 1.00. The van der Waals surface area contributed by atoms with Crippen molar-refractivity contribution in [1.82, 2.24) is 31.9 Å². The lowest BCUT2D eigenvalue weighted by atomic mass is 10.6. The molecular formula is C8H22N6O. The molecule has 1 aliphatic heterocycles. The van der Waals surface area contributed by atoms with Gasteiger partial charge in [-0.2, -0.15) is 0 Å². The largest absolute Gasteiger partial charge is 0.365 e. The van der Waals surface area contributed by atoms with Crippen LogP contribution in [0.15, 0.2) is 0 Å². The Bertz CT molecular complexity index is 133. The predicted octanol–water partition coefficient (Wildman–Crippen LogP) is -3.31. The van der Waals surface area contributed by atoms with Gasteiger partial charge in [-0.05, 0) is 0 Å². The zero-order valence-electron chi connectivity index (χ0n) is 8.97. The molecule has 1 heterocycles. The molecule has 0 radical (unpaired) electrons. The Hall–Kier alpha value is -0.280. The molecule has 7 nitrogen and oxygen atoms in total. The molecule has 1 fully saturated rings. The lowest BCUT2D eigenvalue weighted by Gasteiger charge is -2.16. The first-order chi connectivity index (χ1) is 7.39. The minimum Gasteiger partial charge on any atom is -0.365 e. The van der Waals surface area contributed by atoms with Gasteiger partial charge in [0.05, 0.1) is 0 Å². The smallest absolute Gasteiger partial charge is 0.161 e. The van der Waals surface area contributed by atoms with Gasteiger partial charge in [-0.1, -0.05) is 0 Å². The summed E-state index contributed by atoms with van der Waals surface area (Å²) in [5.74, 6) is 0.